The van der Waals surface area contributed by atoms with Crippen molar-refractivity contribution in [3.63, 3.8) is 0 Å². The molecular formula is C16H24N2OS. The summed E-state index contributed by atoms with van der Waals surface area (Å²) in [6, 6.07) is 6.47. The van der Waals surface area contributed by atoms with Gasteiger partial charge in [-0.15, -0.1) is 0 Å². The van der Waals surface area contributed by atoms with Crippen LogP contribution in [0, 0.1) is 0 Å². The molecular weight excluding hydrogens is 268 g/mol. The van der Waals surface area contributed by atoms with E-state index in [9.17, 15) is 0 Å². The molecule has 1 aliphatic carbocycles. The monoisotopic (exact) mass is 292 g/mol. The number of hydrogen-bond donors (Lipinski definition) is 2. The Morgan fingerprint density at radius 1 is 1.30 bits per heavy atom. The van der Waals surface area contributed by atoms with Crippen molar-refractivity contribution in [1.29, 1.82) is 0 Å². The summed E-state index contributed by atoms with van der Waals surface area (Å²) in [5.41, 5.74) is 4.09. The average molecular weight is 292 g/mol. The van der Waals surface area contributed by atoms with Crippen molar-refractivity contribution in [1.82, 2.24) is 5.32 Å². The van der Waals surface area contributed by atoms with E-state index in [-0.39, 0.29) is 0 Å². The second-order valence-corrected chi connectivity index (χ2v) is 5.49. The van der Waals surface area contributed by atoms with Gasteiger partial charge in [0, 0.05) is 25.4 Å². The molecule has 1 aromatic rings. The first-order valence-electron chi connectivity index (χ1n) is 7.54. The van der Waals surface area contributed by atoms with Crippen LogP contribution < -0.4 is 10.6 Å². The van der Waals surface area contributed by atoms with Gasteiger partial charge in [0.1, 0.15) is 0 Å². The normalized spacial score (nSPS) is 13.7. The minimum Gasteiger partial charge on any atom is -0.382 e. The fraction of sp³-hybridized carbons (Fsp3) is 0.562. The molecule has 0 atom stereocenters. The Kier molecular flexibility index (Phi) is 6.27. The third-order valence-corrected chi connectivity index (χ3v) is 3.85. The molecule has 0 fully saturated rings. The van der Waals surface area contributed by atoms with E-state index < -0.39 is 0 Å². The fourth-order valence-corrected chi connectivity index (χ4v) is 2.80. The lowest BCUT2D eigenvalue weighted by Crippen LogP contribution is -2.30. The van der Waals surface area contributed by atoms with E-state index in [4.69, 9.17) is 17.0 Å². The van der Waals surface area contributed by atoms with Crippen molar-refractivity contribution in [2.24, 2.45) is 0 Å². The quantitative estimate of drug-likeness (QED) is 0.623. The lowest BCUT2D eigenvalue weighted by Gasteiger charge is -2.20. The summed E-state index contributed by atoms with van der Waals surface area (Å²) in [6.45, 7) is 4.42. The summed E-state index contributed by atoms with van der Waals surface area (Å²) in [4.78, 5) is 0. The molecule has 0 aromatic heterocycles. The molecule has 0 unspecified atom stereocenters. The van der Waals surface area contributed by atoms with Crippen LogP contribution in [0.25, 0.3) is 0 Å². The second-order valence-electron chi connectivity index (χ2n) is 5.08. The van der Waals surface area contributed by atoms with E-state index in [0.717, 1.165) is 32.6 Å². The maximum atomic E-state index is 5.36. The van der Waals surface area contributed by atoms with Gasteiger partial charge in [-0.25, -0.2) is 0 Å². The first-order valence-corrected chi connectivity index (χ1v) is 7.95. The Morgan fingerprint density at radius 3 is 3.00 bits per heavy atom. The van der Waals surface area contributed by atoms with E-state index in [0.29, 0.717) is 5.11 Å². The zero-order chi connectivity index (χ0) is 14.2. The van der Waals surface area contributed by atoms with Gasteiger partial charge < -0.3 is 15.4 Å². The van der Waals surface area contributed by atoms with Crippen LogP contribution >= 0.6 is 12.2 Å². The van der Waals surface area contributed by atoms with E-state index in [1.807, 2.05) is 6.92 Å². The van der Waals surface area contributed by atoms with E-state index in [2.05, 4.69) is 28.8 Å². The van der Waals surface area contributed by atoms with E-state index in [1.54, 1.807) is 0 Å². The van der Waals surface area contributed by atoms with Crippen molar-refractivity contribution in [2.45, 2.75) is 39.0 Å². The molecule has 0 heterocycles. The molecule has 3 nitrogen and oxygen atoms in total. The van der Waals surface area contributed by atoms with Crippen LogP contribution in [0.4, 0.5) is 5.69 Å². The Hall–Kier alpha value is -1.13. The highest BCUT2D eigenvalue weighted by molar-refractivity contribution is 7.80. The number of rotatable bonds is 6. The van der Waals surface area contributed by atoms with Crippen molar-refractivity contribution in [2.75, 3.05) is 25.1 Å². The fourth-order valence-electron chi connectivity index (χ4n) is 2.59. The maximum Gasteiger partial charge on any atom is 0.170 e. The number of aryl methyl sites for hydroxylation is 1. The van der Waals surface area contributed by atoms with Crippen molar-refractivity contribution in [3.8, 4) is 0 Å². The molecule has 0 radical (unpaired) electrons. The summed E-state index contributed by atoms with van der Waals surface area (Å²) in [5.74, 6) is 0. The van der Waals surface area contributed by atoms with Crippen LogP contribution in [-0.2, 0) is 17.6 Å². The Labute approximate surface area is 127 Å². The summed E-state index contributed by atoms with van der Waals surface area (Å²) in [7, 11) is 0. The third kappa shape index (κ3) is 4.46. The first-order chi connectivity index (χ1) is 9.81. The Balaban J connectivity index is 1.82. The van der Waals surface area contributed by atoms with E-state index in [1.165, 1.54) is 36.1 Å². The van der Waals surface area contributed by atoms with Crippen LogP contribution in [0.3, 0.4) is 0 Å². The molecule has 0 amide bonds. The van der Waals surface area contributed by atoms with Gasteiger partial charge in [0.15, 0.2) is 5.11 Å². The SMILES string of the molecule is CCOCCCNC(=S)Nc1cccc2c1CCCC2. The minimum absolute atomic E-state index is 0.709. The minimum atomic E-state index is 0.709. The van der Waals surface area contributed by atoms with Crippen LogP contribution in [0.5, 0.6) is 0 Å². The summed E-state index contributed by atoms with van der Waals surface area (Å²) in [6.07, 6.45) is 5.91. The summed E-state index contributed by atoms with van der Waals surface area (Å²) >= 11 is 5.36. The predicted octanol–water partition coefficient (Wildman–Crippen LogP) is 3.28. The molecule has 110 valence electrons. The molecule has 0 aliphatic heterocycles. The zero-order valence-corrected chi connectivity index (χ0v) is 13.0. The standard InChI is InChI=1S/C16H24N2OS/c1-2-19-12-6-11-17-16(20)18-15-10-5-8-13-7-3-4-9-14(13)15/h5,8,10H,2-4,6-7,9,11-12H2,1H3,(H2,17,18,20). The number of benzene rings is 1. The van der Waals surface area contributed by atoms with Crippen molar-refractivity contribution >= 4 is 23.0 Å². The van der Waals surface area contributed by atoms with Crippen LogP contribution in [0.2, 0.25) is 0 Å². The smallest absolute Gasteiger partial charge is 0.170 e. The molecule has 0 saturated carbocycles. The van der Waals surface area contributed by atoms with Crippen molar-refractivity contribution in [3.05, 3.63) is 29.3 Å². The van der Waals surface area contributed by atoms with Gasteiger partial charge in [-0.2, -0.15) is 0 Å². The lowest BCUT2D eigenvalue weighted by atomic mass is 9.90. The number of fused-ring (bicyclic) bond motifs is 1. The van der Waals surface area contributed by atoms with Gasteiger partial charge in [0.2, 0.25) is 0 Å². The van der Waals surface area contributed by atoms with Crippen LogP contribution in [0.1, 0.15) is 37.3 Å². The van der Waals surface area contributed by atoms with Gasteiger partial charge >= 0.3 is 0 Å². The van der Waals surface area contributed by atoms with Crippen LogP contribution in [0.15, 0.2) is 18.2 Å². The van der Waals surface area contributed by atoms with Gasteiger partial charge in [0.25, 0.3) is 0 Å². The van der Waals surface area contributed by atoms with Gasteiger partial charge in [-0.1, -0.05) is 12.1 Å². The molecule has 2 N–H and O–H groups in total. The lowest BCUT2D eigenvalue weighted by molar-refractivity contribution is 0.146. The average Bonchev–Trinajstić information content (AvgIpc) is 2.47. The molecule has 1 aromatic carbocycles. The third-order valence-electron chi connectivity index (χ3n) is 3.60. The summed E-state index contributed by atoms with van der Waals surface area (Å²) < 4.78 is 5.30. The predicted molar refractivity (Wildman–Crippen MR) is 88.4 cm³/mol. The number of anilines is 1. The second kappa shape index (κ2) is 8.22. The van der Waals surface area contributed by atoms with Gasteiger partial charge in [-0.05, 0) is 68.4 Å². The Bertz CT molecular complexity index is 448. The van der Waals surface area contributed by atoms with Gasteiger partial charge in [-0.3, -0.25) is 0 Å². The van der Waals surface area contributed by atoms with E-state index >= 15 is 0 Å². The number of thiocarbonyl (C=S) groups is 1. The Morgan fingerprint density at radius 2 is 2.15 bits per heavy atom. The highest BCUT2D eigenvalue weighted by atomic mass is 32.1. The van der Waals surface area contributed by atoms with Crippen LogP contribution in [-0.4, -0.2) is 24.9 Å². The number of nitrogens with one attached hydrogen (secondary N) is 2. The zero-order valence-electron chi connectivity index (χ0n) is 12.2. The molecule has 0 bridgehead atoms. The maximum absolute atomic E-state index is 5.36. The number of hydrogen-bond acceptors (Lipinski definition) is 2. The molecule has 2 rings (SSSR count). The first kappa shape index (κ1) is 15.3. The molecule has 20 heavy (non-hydrogen) atoms. The summed E-state index contributed by atoms with van der Waals surface area (Å²) in [5, 5.41) is 7.29. The number of ether oxygens (including phenoxy) is 1. The highest BCUT2D eigenvalue weighted by Crippen LogP contribution is 2.27. The van der Waals surface area contributed by atoms with Crippen molar-refractivity contribution < 1.29 is 4.74 Å². The largest absolute Gasteiger partial charge is 0.382 e. The molecule has 0 saturated heterocycles. The topological polar surface area (TPSA) is 33.3 Å². The highest BCUT2D eigenvalue weighted by Gasteiger charge is 2.13. The molecule has 0 spiro atoms. The molecule has 1 aliphatic rings. The molecule has 4 heteroatoms. The van der Waals surface area contributed by atoms with Gasteiger partial charge in [0.05, 0.1) is 0 Å².